The van der Waals surface area contributed by atoms with E-state index in [0.29, 0.717) is 0 Å². The van der Waals surface area contributed by atoms with E-state index in [1.165, 1.54) is 89.2 Å². The van der Waals surface area contributed by atoms with Crippen molar-refractivity contribution < 1.29 is 0 Å². The third kappa shape index (κ3) is 9.33. The average Bonchev–Trinajstić information content (AvgIpc) is 2.62. The van der Waals surface area contributed by atoms with E-state index in [4.69, 9.17) is 0 Å². The molecule has 0 saturated carbocycles. The first-order chi connectivity index (χ1) is 12.2. The SMILES string of the molecule is CCCCCCCCCCCCC(CCC)c1ccccc1N(C)C. The van der Waals surface area contributed by atoms with Crippen molar-refractivity contribution in [3.05, 3.63) is 29.8 Å². The van der Waals surface area contributed by atoms with Crippen molar-refractivity contribution in [1.82, 2.24) is 0 Å². The summed E-state index contributed by atoms with van der Waals surface area (Å²) >= 11 is 0. The Hall–Kier alpha value is -0.980. The largest absolute Gasteiger partial charge is 0.377 e. The molecule has 144 valence electrons. The van der Waals surface area contributed by atoms with Crippen molar-refractivity contribution in [2.45, 2.75) is 103 Å². The topological polar surface area (TPSA) is 3.24 Å². The first kappa shape index (κ1) is 22.1. The molecule has 25 heavy (non-hydrogen) atoms. The minimum atomic E-state index is 0.734. The van der Waals surface area contributed by atoms with Gasteiger partial charge in [-0.05, 0) is 30.4 Å². The molecular weight excluding hydrogens is 302 g/mol. The first-order valence-corrected chi connectivity index (χ1v) is 11.0. The molecule has 0 heterocycles. The van der Waals surface area contributed by atoms with Gasteiger partial charge in [-0.2, -0.15) is 0 Å². The molecule has 1 aromatic carbocycles. The van der Waals surface area contributed by atoms with Gasteiger partial charge in [0.25, 0.3) is 0 Å². The van der Waals surface area contributed by atoms with Crippen LogP contribution >= 0.6 is 0 Å². The van der Waals surface area contributed by atoms with Crippen LogP contribution in [0.4, 0.5) is 5.69 Å². The van der Waals surface area contributed by atoms with Crippen LogP contribution in [0.5, 0.6) is 0 Å². The summed E-state index contributed by atoms with van der Waals surface area (Å²) < 4.78 is 0. The van der Waals surface area contributed by atoms with E-state index in [0.717, 1.165) is 5.92 Å². The van der Waals surface area contributed by atoms with Gasteiger partial charge in [0, 0.05) is 19.8 Å². The van der Waals surface area contributed by atoms with E-state index in [1.807, 2.05) is 0 Å². The smallest absolute Gasteiger partial charge is 0.0396 e. The Morgan fingerprint density at radius 3 is 1.80 bits per heavy atom. The number of benzene rings is 1. The van der Waals surface area contributed by atoms with Crippen molar-refractivity contribution in [2.24, 2.45) is 0 Å². The second kappa shape index (κ2) is 14.2. The first-order valence-electron chi connectivity index (χ1n) is 11.0. The Bertz CT molecular complexity index is 424. The second-order valence-electron chi connectivity index (χ2n) is 7.91. The van der Waals surface area contributed by atoms with Crippen LogP contribution in [0.25, 0.3) is 0 Å². The number of hydrogen-bond donors (Lipinski definition) is 0. The Kier molecular flexibility index (Phi) is 12.5. The lowest BCUT2D eigenvalue weighted by atomic mass is 9.88. The zero-order valence-corrected chi connectivity index (χ0v) is 17.5. The number of para-hydroxylation sites is 1. The molecule has 1 nitrogen and oxygen atoms in total. The van der Waals surface area contributed by atoms with Crippen LogP contribution in [0.15, 0.2) is 24.3 Å². The average molecular weight is 346 g/mol. The zero-order chi connectivity index (χ0) is 18.3. The Labute approximate surface area is 158 Å². The molecule has 0 amide bonds. The predicted molar refractivity (Wildman–Crippen MR) is 115 cm³/mol. The quantitative estimate of drug-likeness (QED) is 0.291. The standard InChI is InChI=1S/C24H43N/c1-5-7-8-9-10-11-12-13-14-15-19-22(18-6-2)23-20-16-17-21-24(23)25(3)4/h16-17,20-22H,5-15,18-19H2,1-4H3. The highest BCUT2D eigenvalue weighted by atomic mass is 15.1. The Morgan fingerprint density at radius 2 is 1.24 bits per heavy atom. The number of hydrogen-bond acceptors (Lipinski definition) is 1. The Morgan fingerprint density at radius 1 is 0.680 bits per heavy atom. The Balaban J connectivity index is 2.28. The fourth-order valence-corrected chi connectivity index (χ4v) is 3.92. The molecule has 0 aromatic heterocycles. The van der Waals surface area contributed by atoms with Crippen molar-refractivity contribution in [3.8, 4) is 0 Å². The van der Waals surface area contributed by atoms with Crippen molar-refractivity contribution in [1.29, 1.82) is 0 Å². The number of nitrogens with zero attached hydrogens (tertiary/aromatic N) is 1. The highest BCUT2D eigenvalue weighted by Crippen LogP contribution is 2.33. The van der Waals surface area contributed by atoms with Gasteiger partial charge in [0.05, 0.1) is 0 Å². The van der Waals surface area contributed by atoms with Gasteiger partial charge in [-0.3, -0.25) is 0 Å². The van der Waals surface area contributed by atoms with Gasteiger partial charge in [0.2, 0.25) is 0 Å². The van der Waals surface area contributed by atoms with E-state index < -0.39 is 0 Å². The molecule has 1 aromatic rings. The van der Waals surface area contributed by atoms with Crippen LogP contribution in [-0.4, -0.2) is 14.1 Å². The second-order valence-corrected chi connectivity index (χ2v) is 7.91. The predicted octanol–water partition coefficient (Wildman–Crippen LogP) is 7.95. The highest BCUT2D eigenvalue weighted by molar-refractivity contribution is 5.54. The van der Waals surface area contributed by atoms with E-state index >= 15 is 0 Å². The van der Waals surface area contributed by atoms with Gasteiger partial charge in [-0.25, -0.2) is 0 Å². The molecule has 1 unspecified atom stereocenters. The number of anilines is 1. The molecule has 1 atom stereocenters. The van der Waals surface area contributed by atoms with Crippen LogP contribution in [0, 0.1) is 0 Å². The minimum absolute atomic E-state index is 0.734. The summed E-state index contributed by atoms with van der Waals surface area (Å²) in [7, 11) is 4.34. The lowest BCUT2D eigenvalue weighted by Crippen LogP contribution is -2.13. The molecule has 1 rings (SSSR count). The molecule has 0 saturated heterocycles. The minimum Gasteiger partial charge on any atom is -0.377 e. The lowest BCUT2D eigenvalue weighted by molar-refractivity contribution is 0.505. The highest BCUT2D eigenvalue weighted by Gasteiger charge is 2.15. The molecule has 1 heteroatoms. The van der Waals surface area contributed by atoms with Crippen LogP contribution in [-0.2, 0) is 0 Å². The van der Waals surface area contributed by atoms with Crippen LogP contribution in [0.1, 0.15) is 109 Å². The van der Waals surface area contributed by atoms with E-state index in [2.05, 4.69) is 57.1 Å². The summed E-state index contributed by atoms with van der Waals surface area (Å²) in [4.78, 5) is 2.27. The third-order valence-electron chi connectivity index (χ3n) is 5.40. The maximum atomic E-state index is 2.35. The number of rotatable bonds is 15. The molecule has 0 aliphatic rings. The van der Waals surface area contributed by atoms with Crippen LogP contribution < -0.4 is 4.90 Å². The summed E-state index contributed by atoms with van der Waals surface area (Å²) in [5, 5.41) is 0. The molecule has 0 spiro atoms. The summed E-state index contributed by atoms with van der Waals surface area (Å²) in [6.07, 6.45) is 18.2. The van der Waals surface area contributed by atoms with Gasteiger partial charge >= 0.3 is 0 Å². The van der Waals surface area contributed by atoms with Crippen LogP contribution in [0.3, 0.4) is 0 Å². The fourth-order valence-electron chi connectivity index (χ4n) is 3.92. The number of unbranched alkanes of at least 4 members (excludes halogenated alkanes) is 9. The lowest BCUT2D eigenvalue weighted by Gasteiger charge is -2.24. The monoisotopic (exact) mass is 345 g/mol. The maximum absolute atomic E-state index is 2.35. The molecule has 0 radical (unpaired) electrons. The van der Waals surface area contributed by atoms with E-state index in [1.54, 1.807) is 5.56 Å². The van der Waals surface area contributed by atoms with Crippen molar-refractivity contribution in [2.75, 3.05) is 19.0 Å². The van der Waals surface area contributed by atoms with Gasteiger partial charge < -0.3 is 4.90 Å². The molecule has 0 fully saturated rings. The van der Waals surface area contributed by atoms with Crippen molar-refractivity contribution >= 4 is 5.69 Å². The molecule has 0 aliphatic carbocycles. The zero-order valence-electron chi connectivity index (χ0n) is 17.5. The van der Waals surface area contributed by atoms with Gasteiger partial charge in [0.15, 0.2) is 0 Å². The molecule has 0 N–H and O–H groups in total. The van der Waals surface area contributed by atoms with Gasteiger partial charge in [0.1, 0.15) is 0 Å². The normalized spacial score (nSPS) is 12.3. The van der Waals surface area contributed by atoms with E-state index in [-0.39, 0.29) is 0 Å². The maximum Gasteiger partial charge on any atom is 0.0396 e. The van der Waals surface area contributed by atoms with Crippen molar-refractivity contribution in [3.63, 3.8) is 0 Å². The summed E-state index contributed by atoms with van der Waals surface area (Å²) in [6, 6.07) is 9.01. The fraction of sp³-hybridized carbons (Fsp3) is 0.750. The summed E-state index contributed by atoms with van der Waals surface area (Å²) in [6.45, 7) is 4.62. The molecular formula is C24H43N. The van der Waals surface area contributed by atoms with Gasteiger partial charge in [-0.1, -0.05) is 103 Å². The van der Waals surface area contributed by atoms with E-state index in [9.17, 15) is 0 Å². The van der Waals surface area contributed by atoms with Gasteiger partial charge in [-0.15, -0.1) is 0 Å². The summed E-state index contributed by atoms with van der Waals surface area (Å²) in [5.41, 5.74) is 2.97. The third-order valence-corrected chi connectivity index (χ3v) is 5.40. The molecule has 0 aliphatic heterocycles. The summed E-state index contributed by atoms with van der Waals surface area (Å²) in [5.74, 6) is 0.734. The van der Waals surface area contributed by atoms with Crippen LogP contribution in [0.2, 0.25) is 0 Å². The molecule has 0 bridgehead atoms.